The van der Waals surface area contributed by atoms with E-state index >= 15 is 0 Å². The van der Waals surface area contributed by atoms with Gasteiger partial charge in [0, 0.05) is 27.9 Å². The molecule has 6 rings (SSSR count). The zero-order chi connectivity index (χ0) is 14.7. The van der Waals surface area contributed by atoms with Crippen molar-refractivity contribution in [1.82, 2.24) is 0 Å². The van der Waals surface area contributed by atoms with Crippen molar-refractivity contribution in [2.45, 2.75) is 24.7 Å². The SMILES string of the molecule is COc1ccc(OC)c2c1[C@@H]1[C@H]3[C@@H]1[C@@]14C=C[C@@]1(CC=CC4)[C@H]23. The fraction of sp³-hybridized carbons (Fsp3) is 0.500. The van der Waals surface area contributed by atoms with E-state index in [4.69, 9.17) is 9.47 Å². The van der Waals surface area contributed by atoms with Gasteiger partial charge >= 0.3 is 0 Å². The smallest absolute Gasteiger partial charge is 0.122 e. The van der Waals surface area contributed by atoms with Crippen LogP contribution >= 0.6 is 0 Å². The third-order valence-electron chi connectivity index (χ3n) is 7.52. The lowest BCUT2D eigenvalue weighted by Crippen LogP contribution is -2.48. The van der Waals surface area contributed by atoms with Crippen molar-refractivity contribution in [3.63, 3.8) is 0 Å². The molecule has 5 aliphatic carbocycles. The highest BCUT2D eigenvalue weighted by Crippen LogP contribution is 2.91. The number of ether oxygens (including phenoxy) is 2. The van der Waals surface area contributed by atoms with E-state index in [1.54, 1.807) is 14.2 Å². The fourth-order valence-electron chi connectivity index (χ4n) is 6.86. The van der Waals surface area contributed by atoms with Gasteiger partial charge in [0.1, 0.15) is 11.5 Å². The summed E-state index contributed by atoms with van der Waals surface area (Å²) in [7, 11) is 3.61. The molecule has 0 unspecified atom stereocenters. The maximum atomic E-state index is 5.76. The zero-order valence-electron chi connectivity index (χ0n) is 13.0. The molecule has 2 fully saturated rings. The quantitative estimate of drug-likeness (QED) is 0.766. The van der Waals surface area contributed by atoms with Crippen LogP contribution in [0.15, 0.2) is 36.4 Å². The van der Waals surface area contributed by atoms with Crippen LogP contribution in [0.2, 0.25) is 0 Å². The van der Waals surface area contributed by atoms with Gasteiger partial charge in [-0.2, -0.15) is 0 Å². The van der Waals surface area contributed by atoms with E-state index in [0.717, 1.165) is 23.3 Å². The molecule has 5 aliphatic rings. The average molecular weight is 292 g/mol. The van der Waals surface area contributed by atoms with Gasteiger partial charge in [-0.05, 0) is 42.7 Å². The summed E-state index contributed by atoms with van der Waals surface area (Å²) >= 11 is 0. The molecule has 0 amide bonds. The van der Waals surface area contributed by atoms with Gasteiger partial charge in [-0.1, -0.05) is 24.3 Å². The largest absolute Gasteiger partial charge is 0.496 e. The van der Waals surface area contributed by atoms with Crippen LogP contribution < -0.4 is 9.47 Å². The summed E-state index contributed by atoms with van der Waals surface area (Å²) in [4.78, 5) is 0. The number of rotatable bonds is 2. The molecule has 1 aromatic carbocycles. The second kappa shape index (κ2) is 3.29. The number of hydrogen-bond donors (Lipinski definition) is 0. The first-order valence-electron chi connectivity index (χ1n) is 8.39. The van der Waals surface area contributed by atoms with Crippen molar-refractivity contribution >= 4 is 0 Å². The summed E-state index contributed by atoms with van der Waals surface area (Å²) < 4.78 is 11.5. The first-order valence-corrected chi connectivity index (χ1v) is 8.39. The standard InChI is InChI=1S/C20H20O2/c1-21-11-5-6-12(22-2)14-13(11)15-16-17(14)19-7-3-4-8-20(19,10-9-19)18(15)16/h3-6,9-10,15-18H,7-8H2,1-2H3/t15-,16-,17-,18-,19+,20-/m1/s1. The highest BCUT2D eigenvalue weighted by Gasteiger charge is 2.84. The molecule has 0 saturated heterocycles. The van der Waals surface area contributed by atoms with Crippen LogP contribution in [0.4, 0.5) is 0 Å². The van der Waals surface area contributed by atoms with Gasteiger partial charge in [0.15, 0.2) is 0 Å². The molecular weight excluding hydrogens is 272 g/mol. The Bertz CT molecular complexity index is 776. The summed E-state index contributed by atoms with van der Waals surface area (Å²) in [6.07, 6.45) is 12.3. The lowest BCUT2D eigenvalue weighted by atomic mass is 9.48. The van der Waals surface area contributed by atoms with E-state index in [2.05, 4.69) is 36.4 Å². The molecule has 0 N–H and O–H groups in total. The highest BCUT2D eigenvalue weighted by atomic mass is 16.5. The second-order valence-corrected chi connectivity index (χ2v) is 7.70. The van der Waals surface area contributed by atoms with E-state index in [1.807, 2.05) is 0 Å². The van der Waals surface area contributed by atoms with E-state index in [-0.39, 0.29) is 0 Å². The van der Waals surface area contributed by atoms with Crippen LogP contribution in [0.5, 0.6) is 11.5 Å². The Morgan fingerprint density at radius 1 is 0.909 bits per heavy atom. The number of hydrogen-bond acceptors (Lipinski definition) is 2. The summed E-state index contributed by atoms with van der Waals surface area (Å²) in [6.45, 7) is 0. The summed E-state index contributed by atoms with van der Waals surface area (Å²) in [5, 5.41) is 0. The average Bonchev–Trinajstić information content (AvgIpc) is 3.10. The normalized spacial score (nSPS) is 47.2. The van der Waals surface area contributed by atoms with E-state index in [1.165, 1.54) is 24.0 Å². The third-order valence-corrected chi connectivity index (χ3v) is 7.52. The van der Waals surface area contributed by atoms with Gasteiger partial charge in [0.2, 0.25) is 0 Å². The van der Waals surface area contributed by atoms with Crippen LogP contribution in [0.25, 0.3) is 0 Å². The first-order chi connectivity index (χ1) is 10.8. The lowest BCUT2D eigenvalue weighted by Gasteiger charge is -2.55. The van der Waals surface area contributed by atoms with E-state index in [0.29, 0.717) is 22.7 Å². The topological polar surface area (TPSA) is 18.5 Å². The Balaban J connectivity index is 1.64. The van der Waals surface area contributed by atoms with Crippen molar-refractivity contribution in [3.05, 3.63) is 47.6 Å². The molecule has 0 aliphatic heterocycles. The van der Waals surface area contributed by atoms with Crippen LogP contribution in [-0.4, -0.2) is 14.2 Å². The van der Waals surface area contributed by atoms with E-state index < -0.39 is 0 Å². The monoisotopic (exact) mass is 292 g/mol. The highest BCUT2D eigenvalue weighted by molar-refractivity contribution is 5.67. The van der Waals surface area contributed by atoms with Crippen molar-refractivity contribution in [2.24, 2.45) is 22.7 Å². The molecule has 6 atom stereocenters. The van der Waals surface area contributed by atoms with Crippen molar-refractivity contribution < 1.29 is 9.47 Å². The van der Waals surface area contributed by atoms with Crippen LogP contribution in [-0.2, 0) is 0 Å². The van der Waals surface area contributed by atoms with Crippen LogP contribution in [0.1, 0.15) is 35.8 Å². The van der Waals surface area contributed by atoms with Gasteiger partial charge in [0.25, 0.3) is 0 Å². The first kappa shape index (κ1) is 11.8. The number of fused-ring (bicyclic) bond motifs is 4. The summed E-state index contributed by atoms with van der Waals surface area (Å²) in [5.74, 6) is 5.14. The molecular formula is C20H20O2. The van der Waals surface area contributed by atoms with Gasteiger partial charge in [-0.25, -0.2) is 0 Å². The van der Waals surface area contributed by atoms with Crippen LogP contribution in [0, 0.1) is 22.7 Å². The number of methoxy groups -OCH3 is 2. The molecule has 0 radical (unpaired) electrons. The molecule has 0 heterocycles. The molecule has 2 saturated carbocycles. The molecule has 0 bridgehead atoms. The van der Waals surface area contributed by atoms with Gasteiger partial charge in [-0.15, -0.1) is 0 Å². The molecule has 0 spiro atoms. The predicted octanol–water partition coefficient (Wildman–Crippen LogP) is 4.04. The Kier molecular flexibility index (Phi) is 1.77. The van der Waals surface area contributed by atoms with Gasteiger partial charge in [0.05, 0.1) is 14.2 Å². The minimum Gasteiger partial charge on any atom is -0.496 e. The zero-order valence-corrected chi connectivity index (χ0v) is 13.0. The lowest BCUT2D eigenvalue weighted by molar-refractivity contribution is 0.0837. The Hall–Kier alpha value is -1.70. The second-order valence-electron chi connectivity index (χ2n) is 7.70. The fourth-order valence-corrected chi connectivity index (χ4v) is 6.86. The molecule has 22 heavy (non-hydrogen) atoms. The number of benzene rings is 1. The van der Waals surface area contributed by atoms with Crippen LogP contribution in [0.3, 0.4) is 0 Å². The Morgan fingerprint density at radius 3 is 2.18 bits per heavy atom. The van der Waals surface area contributed by atoms with Gasteiger partial charge < -0.3 is 9.47 Å². The predicted molar refractivity (Wildman–Crippen MR) is 84.4 cm³/mol. The molecule has 2 nitrogen and oxygen atoms in total. The maximum Gasteiger partial charge on any atom is 0.122 e. The Morgan fingerprint density at radius 2 is 1.55 bits per heavy atom. The number of allylic oxidation sites excluding steroid dienone is 4. The van der Waals surface area contributed by atoms with Crippen molar-refractivity contribution in [3.8, 4) is 11.5 Å². The summed E-state index contributed by atoms with van der Waals surface area (Å²) in [6, 6.07) is 4.21. The van der Waals surface area contributed by atoms with E-state index in [9.17, 15) is 0 Å². The third kappa shape index (κ3) is 0.893. The van der Waals surface area contributed by atoms with Crippen molar-refractivity contribution in [2.75, 3.05) is 14.2 Å². The molecule has 0 aromatic heterocycles. The maximum absolute atomic E-state index is 5.76. The molecule has 2 heteroatoms. The molecule has 112 valence electrons. The molecule has 1 aromatic rings. The minimum atomic E-state index is 0.360. The van der Waals surface area contributed by atoms with Crippen molar-refractivity contribution in [1.29, 1.82) is 0 Å². The Labute approximate surface area is 130 Å². The van der Waals surface area contributed by atoms with Gasteiger partial charge in [-0.3, -0.25) is 0 Å². The minimum absolute atomic E-state index is 0.360. The summed E-state index contributed by atoms with van der Waals surface area (Å²) in [5.41, 5.74) is 3.73.